The van der Waals surface area contributed by atoms with Crippen LogP contribution in [0.5, 0.6) is 0 Å². The third-order valence-electron chi connectivity index (χ3n) is 5.97. The van der Waals surface area contributed by atoms with E-state index in [4.69, 9.17) is 0 Å². The Hall–Kier alpha value is -3.15. The highest BCUT2D eigenvalue weighted by molar-refractivity contribution is 5.98. The number of nitrogens with one attached hydrogen (secondary N) is 1. The molecule has 0 bridgehead atoms. The summed E-state index contributed by atoms with van der Waals surface area (Å²) in [6.07, 6.45) is 1.88. The number of hydrogen-bond donors (Lipinski definition) is 1. The number of amides is 1. The van der Waals surface area contributed by atoms with Gasteiger partial charge in [-0.1, -0.05) is 18.2 Å². The lowest BCUT2D eigenvalue weighted by Crippen LogP contribution is -2.34. The number of fused-ring (bicyclic) bond motifs is 1. The zero-order chi connectivity index (χ0) is 20.7. The second-order valence-corrected chi connectivity index (χ2v) is 7.74. The molecule has 0 radical (unpaired) electrons. The van der Waals surface area contributed by atoms with Crippen LogP contribution < -0.4 is 11.2 Å². The van der Waals surface area contributed by atoms with Crippen LogP contribution in [0.25, 0.3) is 10.9 Å². The van der Waals surface area contributed by atoms with Crippen molar-refractivity contribution in [3.63, 3.8) is 0 Å². The molecule has 6 nitrogen and oxygen atoms in total. The average molecular weight is 391 g/mol. The zero-order valence-electron chi connectivity index (χ0n) is 17.0. The van der Waals surface area contributed by atoms with E-state index in [9.17, 15) is 14.4 Å². The van der Waals surface area contributed by atoms with Gasteiger partial charge in [0.15, 0.2) is 0 Å². The van der Waals surface area contributed by atoms with Crippen molar-refractivity contribution < 1.29 is 4.79 Å². The van der Waals surface area contributed by atoms with Gasteiger partial charge < -0.3 is 9.88 Å². The maximum atomic E-state index is 13.3. The molecule has 1 fully saturated rings. The highest BCUT2D eigenvalue weighted by Gasteiger charge is 2.31. The summed E-state index contributed by atoms with van der Waals surface area (Å²) in [5.41, 5.74) is 3.70. The summed E-state index contributed by atoms with van der Waals surface area (Å²) in [7, 11) is 0. The molecule has 150 valence electrons. The fourth-order valence-corrected chi connectivity index (χ4v) is 4.17. The Bertz CT molecular complexity index is 1220. The Labute approximate surface area is 168 Å². The topological polar surface area (TPSA) is 75.2 Å². The van der Waals surface area contributed by atoms with Gasteiger partial charge in [0.2, 0.25) is 0 Å². The number of carbonyl (C=O) groups excluding carboxylic acids is 1. The molecule has 0 unspecified atom stereocenters. The van der Waals surface area contributed by atoms with Crippen LogP contribution in [0, 0.1) is 13.8 Å². The highest BCUT2D eigenvalue weighted by Crippen LogP contribution is 2.34. The molecule has 1 aliphatic heterocycles. The van der Waals surface area contributed by atoms with Crippen molar-refractivity contribution in [1.29, 1.82) is 0 Å². The summed E-state index contributed by atoms with van der Waals surface area (Å²) >= 11 is 0. The third-order valence-corrected chi connectivity index (χ3v) is 5.97. The molecule has 4 rings (SSSR count). The van der Waals surface area contributed by atoms with E-state index in [2.05, 4.69) is 37.0 Å². The van der Waals surface area contributed by atoms with Gasteiger partial charge in [0.25, 0.3) is 11.5 Å². The van der Waals surface area contributed by atoms with Crippen LogP contribution in [-0.2, 0) is 6.54 Å². The molecule has 0 saturated carbocycles. The monoisotopic (exact) mass is 391 g/mol. The lowest BCUT2D eigenvalue weighted by atomic mass is 9.99. The molecule has 0 aliphatic carbocycles. The number of aromatic amines is 1. The standard InChI is InChI=1S/C23H25N3O3/c1-4-25-22(28)18-10-9-17(13-19(18)24-23(25)29)21(27)26-11-5-6-20(26)16-8-7-14(2)15(3)12-16/h7-10,12-13,20H,4-6,11H2,1-3H3,(H,24,29)/t20-/m1/s1. The van der Waals surface area contributed by atoms with Crippen LogP contribution >= 0.6 is 0 Å². The highest BCUT2D eigenvalue weighted by atomic mass is 16.2. The zero-order valence-corrected chi connectivity index (χ0v) is 17.0. The molecule has 0 spiro atoms. The number of H-pyrrole nitrogens is 1. The lowest BCUT2D eigenvalue weighted by molar-refractivity contribution is 0.0735. The van der Waals surface area contributed by atoms with Gasteiger partial charge in [-0.05, 0) is 68.5 Å². The van der Waals surface area contributed by atoms with Gasteiger partial charge in [-0.15, -0.1) is 0 Å². The molecule has 1 aliphatic rings. The van der Waals surface area contributed by atoms with E-state index < -0.39 is 5.69 Å². The molecule has 29 heavy (non-hydrogen) atoms. The van der Waals surface area contributed by atoms with Gasteiger partial charge in [-0.3, -0.25) is 14.2 Å². The molecule has 1 saturated heterocycles. The smallest absolute Gasteiger partial charge is 0.328 e. The first-order valence-electron chi connectivity index (χ1n) is 10.1. The van der Waals surface area contributed by atoms with Crippen LogP contribution in [0.1, 0.15) is 52.9 Å². The van der Waals surface area contributed by atoms with Crippen molar-refractivity contribution >= 4 is 16.8 Å². The van der Waals surface area contributed by atoms with Crippen molar-refractivity contribution in [3.05, 3.63) is 79.5 Å². The van der Waals surface area contributed by atoms with Gasteiger partial charge in [0.05, 0.1) is 16.9 Å². The first kappa shape index (κ1) is 19.2. The maximum Gasteiger partial charge on any atom is 0.328 e. The molecular formula is C23H25N3O3. The Kier molecular flexibility index (Phi) is 4.86. The number of benzene rings is 2. The van der Waals surface area contributed by atoms with E-state index in [-0.39, 0.29) is 17.5 Å². The van der Waals surface area contributed by atoms with E-state index in [0.717, 1.165) is 23.0 Å². The third kappa shape index (κ3) is 3.28. The minimum atomic E-state index is -0.455. The largest absolute Gasteiger partial charge is 0.332 e. The van der Waals surface area contributed by atoms with Crippen LogP contribution in [-0.4, -0.2) is 26.9 Å². The number of rotatable bonds is 3. The van der Waals surface area contributed by atoms with Crippen molar-refractivity contribution in [2.75, 3.05) is 6.54 Å². The minimum absolute atomic E-state index is 0.0460. The quantitative estimate of drug-likeness (QED) is 0.744. The maximum absolute atomic E-state index is 13.3. The van der Waals surface area contributed by atoms with E-state index in [1.807, 2.05) is 4.90 Å². The van der Waals surface area contributed by atoms with Crippen molar-refractivity contribution in [2.45, 2.75) is 46.2 Å². The van der Waals surface area contributed by atoms with Crippen LogP contribution in [0.2, 0.25) is 0 Å². The molecular weight excluding hydrogens is 366 g/mol. The average Bonchev–Trinajstić information content (AvgIpc) is 3.19. The Balaban J connectivity index is 1.71. The molecule has 1 N–H and O–H groups in total. The molecule has 1 atom stereocenters. The predicted octanol–water partition coefficient (Wildman–Crippen LogP) is 3.30. The minimum Gasteiger partial charge on any atom is -0.332 e. The molecule has 6 heteroatoms. The number of nitrogens with zero attached hydrogens (tertiary/aromatic N) is 2. The summed E-state index contributed by atoms with van der Waals surface area (Å²) in [5, 5.41) is 0.412. The van der Waals surface area contributed by atoms with Gasteiger partial charge in [0.1, 0.15) is 0 Å². The van der Waals surface area contributed by atoms with Crippen molar-refractivity contribution in [1.82, 2.24) is 14.5 Å². The summed E-state index contributed by atoms with van der Waals surface area (Å²) in [4.78, 5) is 42.5. The summed E-state index contributed by atoms with van der Waals surface area (Å²) in [6.45, 7) is 6.92. The fraction of sp³-hybridized carbons (Fsp3) is 0.348. The van der Waals surface area contributed by atoms with Crippen molar-refractivity contribution in [3.8, 4) is 0 Å². The first-order chi connectivity index (χ1) is 13.9. The first-order valence-corrected chi connectivity index (χ1v) is 10.1. The number of aryl methyl sites for hydroxylation is 2. The van der Waals surface area contributed by atoms with Gasteiger partial charge in [-0.2, -0.15) is 0 Å². The second kappa shape index (κ2) is 7.35. The molecule has 1 amide bonds. The van der Waals surface area contributed by atoms with Crippen molar-refractivity contribution in [2.24, 2.45) is 0 Å². The molecule has 3 aromatic rings. The normalized spacial score (nSPS) is 16.5. The van der Waals surface area contributed by atoms with E-state index >= 15 is 0 Å². The SMILES string of the molecule is CCn1c(=O)[nH]c2cc(C(=O)N3CCC[C@@H]3c3ccc(C)c(C)c3)ccc2c1=O. The van der Waals surface area contributed by atoms with E-state index in [1.54, 1.807) is 25.1 Å². The summed E-state index contributed by atoms with van der Waals surface area (Å²) < 4.78 is 1.15. The Morgan fingerprint density at radius 1 is 1.10 bits per heavy atom. The summed E-state index contributed by atoms with van der Waals surface area (Å²) in [6, 6.07) is 11.3. The Morgan fingerprint density at radius 2 is 1.90 bits per heavy atom. The van der Waals surface area contributed by atoms with E-state index in [0.29, 0.717) is 29.6 Å². The summed E-state index contributed by atoms with van der Waals surface area (Å²) in [5.74, 6) is -0.0758. The number of likely N-dealkylation sites (tertiary alicyclic amines) is 1. The Morgan fingerprint density at radius 3 is 2.62 bits per heavy atom. The van der Waals surface area contributed by atoms with Gasteiger partial charge in [0, 0.05) is 18.7 Å². The number of aromatic nitrogens is 2. The number of carbonyl (C=O) groups is 1. The number of hydrogen-bond acceptors (Lipinski definition) is 3. The fourth-order valence-electron chi connectivity index (χ4n) is 4.17. The molecule has 1 aromatic heterocycles. The lowest BCUT2D eigenvalue weighted by Gasteiger charge is -2.26. The van der Waals surface area contributed by atoms with Gasteiger partial charge in [-0.25, -0.2) is 4.79 Å². The van der Waals surface area contributed by atoms with Gasteiger partial charge >= 0.3 is 5.69 Å². The van der Waals surface area contributed by atoms with Crippen LogP contribution in [0.15, 0.2) is 46.0 Å². The predicted molar refractivity (Wildman–Crippen MR) is 113 cm³/mol. The van der Waals surface area contributed by atoms with Crippen LogP contribution in [0.3, 0.4) is 0 Å². The van der Waals surface area contributed by atoms with Crippen LogP contribution in [0.4, 0.5) is 0 Å². The van der Waals surface area contributed by atoms with E-state index in [1.165, 1.54) is 11.1 Å². The molecule has 2 aromatic carbocycles. The second-order valence-electron chi connectivity index (χ2n) is 7.74. The molecule has 2 heterocycles.